The summed E-state index contributed by atoms with van der Waals surface area (Å²) >= 11 is 0. The highest BCUT2D eigenvalue weighted by molar-refractivity contribution is 5.74. The smallest absolute Gasteiger partial charge is 0.320 e. The van der Waals surface area contributed by atoms with Crippen molar-refractivity contribution in [2.24, 2.45) is 0 Å². The van der Waals surface area contributed by atoms with Crippen molar-refractivity contribution in [2.75, 3.05) is 39.3 Å². The Labute approximate surface area is 133 Å². The summed E-state index contributed by atoms with van der Waals surface area (Å²) in [6, 6.07) is -0.561. The topological polar surface area (TPSA) is 145 Å². The van der Waals surface area contributed by atoms with Gasteiger partial charge in [0.25, 0.3) is 0 Å². The molecule has 0 bridgehead atoms. The van der Waals surface area contributed by atoms with Crippen LogP contribution in [0, 0.1) is 0 Å². The first kappa shape index (κ1) is 20.8. The van der Waals surface area contributed by atoms with Crippen LogP contribution in [0.1, 0.15) is 13.8 Å². The van der Waals surface area contributed by atoms with Gasteiger partial charge in [-0.25, -0.2) is 0 Å². The van der Waals surface area contributed by atoms with Crippen molar-refractivity contribution in [3.63, 3.8) is 0 Å². The van der Waals surface area contributed by atoms with Crippen LogP contribution in [-0.4, -0.2) is 94.4 Å². The summed E-state index contributed by atoms with van der Waals surface area (Å²) in [6.07, 6.45) is 0. The molecule has 0 heterocycles. The lowest BCUT2D eigenvalue weighted by Gasteiger charge is -2.30. The van der Waals surface area contributed by atoms with Gasteiger partial charge in [-0.3, -0.25) is 29.0 Å². The van der Waals surface area contributed by atoms with Gasteiger partial charge in [-0.1, -0.05) is 0 Å². The van der Waals surface area contributed by atoms with E-state index in [1.165, 1.54) is 4.90 Å². The molecular weight excluding hydrogens is 312 g/mol. The standard InChI is InChI=1S/C13H22N2O8/c1-3-23-13(22)8-15(7-12(20)21)9(2)4-14(5-10(16)17)6-11(18)19/h9H,3-8H2,1-2H3,(H,16,17)(H,18,19)(H,20,21)/t9-/m0/s1. The average molecular weight is 334 g/mol. The Morgan fingerprint density at radius 2 is 1.39 bits per heavy atom. The van der Waals surface area contributed by atoms with E-state index >= 15 is 0 Å². The minimum Gasteiger partial charge on any atom is -0.480 e. The number of aliphatic carboxylic acids is 3. The number of carbonyl (C=O) groups is 4. The van der Waals surface area contributed by atoms with Crippen molar-refractivity contribution in [3.8, 4) is 0 Å². The van der Waals surface area contributed by atoms with E-state index in [0.29, 0.717) is 0 Å². The minimum atomic E-state index is -1.20. The maximum atomic E-state index is 11.5. The predicted octanol–water partition coefficient (Wildman–Crippen LogP) is -1.20. The molecule has 0 saturated heterocycles. The van der Waals surface area contributed by atoms with Gasteiger partial charge < -0.3 is 20.1 Å². The van der Waals surface area contributed by atoms with Crippen molar-refractivity contribution in [2.45, 2.75) is 19.9 Å². The second-order valence-corrected chi connectivity index (χ2v) is 4.91. The third kappa shape index (κ3) is 10.2. The van der Waals surface area contributed by atoms with E-state index in [0.717, 1.165) is 4.90 Å². The van der Waals surface area contributed by atoms with Crippen molar-refractivity contribution in [3.05, 3.63) is 0 Å². The highest BCUT2D eigenvalue weighted by atomic mass is 16.5. The van der Waals surface area contributed by atoms with Gasteiger partial charge in [0.2, 0.25) is 0 Å². The summed E-state index contributed by atoms with van der Waals surface area (Å²) in [5, 5.41) is 26.5. The van der Waals surface area contributed by atoms with E-state index in [4.69, 9.17) is 20.1 Å². The third-order valence-corrected chi connectivity index (χ3v) is 2.84. The molecular formula is C13H22N2O8. The number of hydrogen-bond donors (Lipinski definition) is 3. The summed E-state index contributed by atoms with van der Waals surface area (Å²) in [7, 11) is 0. The Hall–Kier alpha value is -2.20. The normalized spacial score (nSPS) is 12.2. The molecule has 0 aromatic heterocycles. The zero-order chi connectivity index (χ0) is 18.0. The number of nitrogens with zero attached hydrogens (tertiary/aromatic N) is 2. The molecule has 1 atom stereocenters. The van der Waals surface area contributed by atoms with E-state index < -0.39 is 49.6 Å². The molecule has 3 N–H and O–H groups in total. The molecule has 0 aliphatic heterocycles. The molecule has 23 heavy (non-hydrogen) atoms. The lowest BCUT2D eigenvalue weighted by Crippen LogP contribution is -2.48. The fourth-order valence-corrected chi connectivity index (χ4v) is 1.97. The largest absolute Gasteiger partial charge is 0.480 e. The zero-order valence-corrected chi connectivity index (χ0v) is 13.1. The first-order chi connectivity index (χ1) is 10.6. The van der Waals surface area contributed by atoms with Crippen LogP contribution in [-0.2, 0) is 23.9 Å². The number of carboxylic acids is 3. The summed E-state index contributed by atoms with van der Waals surface area (Å²) < 4.78 is 4.76. The summed E-state index contributed by atoms with van der Waals surface area (Å²) in [5.41, 5.74) is 0. The molecule has 0 aliphatic carbocycles. The molecule has 0 fully saturated rings. The molecule has 0 spiro atoms. The summed E-state index contributed by atoms with van der Waals surface area (Å²) in [5.74, 6) is -4.17. The van der Waals surface area contributed by atoms with Gasteiger partial charge >= 0.3 is 23.9 Å². The third-order valence-electron chi connectivity index (χ3n) is 2.84. The summed E-state index contributed by atoms with van der Waals surface area (Å²) in [6.45, 7) is 1.59. The SMILES string of the molecule is CCOC(=O)CN(CC(=O)O)[C@@H](C)CN(CC(=O)O)CC(=O)O. The second-order valence-electron chi connectivity index (χ2n) is 4.91. The van der Waals surface area contributed by atoms with E-state index in [9.17, 15) is 19.2 Å². The predicted molar refractivity (Wildman–Crippen MR) is 77.0 cm³/mol. The molecule has 10 heteroatoms. The van der Waals surface area contributed by atoms with Gasteiger partial charge in [-0.2, -0.15) is 0 Å². The maximum absolute atomic E-state index is 11.5. The molecule has 10 nitrogen and oxygen atoms in total. The Balaban J connectivity index is 4.89. The van der Waals surface area contributed by atoms with Gasteiger partial charge in [0.15, 0.2) is 0 Å². The number of hydrogen-bond acceptors (Lipinski definition) is 7. The molecule has 0 aliphatic rings. The average Bonchev–Trinajstić information content (AvgIpc) is 2.35. The van der Waals surface area contributed by atoms with Crippen molar-refractivity contribution in [1.29, 1.82) is 0 Å². The van der Waals surface area contributed by atoms with E-state index in [-0.39, 0.29) is 19.7 Å². The van der Waals surface area contributed by atoms with Crippen LogP contribution >= 0.6 is 0 Å². The molecule has 0 aromatic rings. The van der Waals surface area contributed by atoms with Crippen LogP contribution in [0.15, 0.2) is 0 Å². The van der Waals surface area contributed by atoms with Crippen LogP contribution in [0.2, 0.25) is 0 Å². The number of rotatable bonds is 12. The zero-order valence-electron chi connectivity index (χ0n) is 13.1. The Kier molecular flexibility index (Phi) is 9.51. The molecule has 0 amide bonds. The number of ether oxygens (including phenoxy) is 1. The fraction of sp³-hybridized carbons (Fsp3) is 0.692. The quantitative estimate of drug-likeness (QED) is 0.372. The van der Waals surface area contributed by atoms with Crippen LogP contribution in [0.3, 0.4) is 0 Å². The monoisotopic (exact) mass is 334 g/mol. The van der Waals surface area contributed by atoms with Crippen LogP contribution < -0.4 is 0 Å². The minimum absolute atomic E-state index is 0.0225. The Bertz CT molecular complexity index is 424. The van der Waals surface area contributed by atoms with Crippen LogP contribution in [0.5, 0.6) is 0 Å². The van der Waals surface area contributed by atoms with E-state index in [1.54, 1.807) is 13.8 Å². The fourth-order valence-electron chi connectivity index (χ4n) is 1.97. The lowest BCUT2D eigenvalue weighted by molar-refractivity contribution is -0.149. The molecule has 0 radical (unpaired) electrons. The molecule has 132 valence electrons. The first-order valence-corrected chi connectivity index (χ1v) is 6.93. The van der Waals surface area contributed by atoms with E-state index in [2.05, 4.69) is 0 Å². The van der Waals surface area contributed by atoms with Crippen molar-refractivity contribution >= 4 is 23.9 Å². The number of carbonyl (C=O) groups excluding carboxylic acids is 1. The molecule has 0 saturated carbocycles. The van der Waals surface area contributed by atoms with Gasteiger partial charge in [-0.05, 0) is 13.8 Å². The van der Waals surface area contributed by atoms with Crippen LogP contribution in [0.25, 0.3) is 0 Å². The maximum Gasteiger partial charge on any atom is 0.320 e. The van der Waals surface area contributed by atoms with Crippen molar-refractivity contribution < 1.29 is 39.2 Å². The van der Waals surface area contributed by atoms with Crippen LogP contribution in [0.4, 0.5) is 0 Å². The summed E-state index contributed by atoms with van der Waals surface area (Å²) in [4.78, 5) is 46.4. The lowest BCUT2D eigenvalue weighted by atomic mass is 10.2. The Morgan fingerprint density at radius 3 is 1.78 bits per heavy atom. The molecule has 0 rings (SSSR count). The highest BCUT2D eigenvalue weighted by Crippen LogP contribution is 2.04. The van der Waals surface area contributed by atoms with Crippen molar-refractivity contribution in [1.82, 2.24) is 9.80 Å². The Morgan fingerprint density at radius 1 is 0.913 bits per heavy atom. The molecule has 0 unspecified atom stereocenters. The van der Waals surface area contributed by atoms with Gasteiger partial charge in [0, 0.05) is 12.6 Å². The van der Waals surface area contributed by atoms with Gasteiger partial charge in [-0.15, -0.1) is 0 Å². The second kappa shape index (κ2) is 10.5. The van der Waals surface area contributed by atoms with Gasteiger partial charge in [0.1, 0.15) is 0 Å². The number of carboxylic acid groups (broad SMARTS) is 3. The first-order valence-electron chi connectivity index (χ1n) is 6.93. The van der Waals surface area contributed by atoms with E-state index in [1.807, 2.05) is 0 Å². The molecule has 0 aromatic carbocycles. The van der Waals surface area contributed by atoms with Gasteiger partial charge in [0.05, 0.1) is 32.8 Å². The number of esters is 1. The highest BCUT2D eigenvalue weighted by Gasteiger charge is 2.24.